The summed E-state index contributed by atoms with van der Waals surface area (Å²) in [5, 5.41) is 10.4. The molecule has 1 aliphatic heterocycles. The lowest BCUT2D eigenvalue weighted by atomic mass is 9.78. The van der Waals surface area contributed by atoms with E-state index >= 15 is 0 Å². The van der Waals surface area contributed by atoms with Gasteiger partial charge in [-0.15, -0.1) is 0 Å². The third-order valence-corrected chi connectivity index (χ3v) is 5.95. The predicted octanol–water partition coefficient (Wildman–Crippen LogP) is 2.60. The minimum atomic E-state index is -0.532. The van der Waals surface area contributed by atoms with Crippen molar-refractivity contribution < 1.29 is 19.0 Å². The number of aliphatic hydroxyl groups excluding tert-OH is 1. The quantitative estimate of drug-likeness (QED) is 0.925. The highest BCUT2D eigenvalue weighted by molar-refractivity contribution is 5.79. The molecule has 1 N–H and O–H groups in total. The molecule has 0 radical (unpaired) electrons. The van der Waals surface area contributed by atoms with Crippen LogP contribution in [0.3, 0.4) is 0 Å². The van der Waals surface area contributed by atoms with Crippen molar-refractivity contribution in [2.75, 3.05) is 13.1 Å². The summed E-state index contributed by atoms with van der Waals surface area (Å²) in [5.41, 5.74) is 0. The number of hydrogen-bond donors (Lipinski definition) is 1. The van der Waals surface area contributed by atoms with E-state index in [4.69, 9.17) is 4.74 Å². The molecule has 0 bridgehead atoms. The molecule has 2 saturated carbocycles. The van der Waals surface area contributed by atoms with Crippen molar-refractivity contribution in [2.45, 2.75) is 44.3 Å². The molecule has 1 saturated heterocycles. The summed E-state index contributed by atoms with van der Waals surface area (Å²) in [6.07, 6.45) is 3.84. The Morgan fingerprint density at radius 3 is 2.42 bits per heavy atom. The van der Waals surface area contributed by atoms with Gasteiger partial charge in [0.25, 0.3) is 0 Å². The number of rotatable bonds is 3. The van der Waals surface area contributed by atoms with Crippen LogP contribution < -0.4 is 4.74 Å². The van der Waals surface area contributed by atoms with Crippen LogP contribution in [0.5, 0.6) is 5.75 Å². The number of aliphatic hydroxyl groups is 1. The SMILES string of the molecule is O=C(C1CCC1)N1C[C@H]2C[C@@H](Oc3ccc(F)cc3)[C@H](O)C[C@H]2C1. The van der Waals surface area contributed by atoms with Crippen LogP contribution in [-0.4, -0.2) is 41.2 Å². The van der Waals surface area contributed by atoms with Crippen LogP contribution in [0.25, 0.3) is 0 Å². The Hall–Kier alpha value is -1.62. The Balaban J connectivity index is 1.38. The second kappa shape index (κ2) is 6.36. The summed E-state index contributed by atoms with van der Waals surface area (Å²) in [5.74, 6) is 1.59. The normalized spacial score (nSPS) is 33.0. The Labute approximate surface area is 141 Å². The topological polar surface area (TPSA) is 49.8 Å². The molecule has 1 aromatic rings. The minimum Gasteiger partial charge on any atom is -0.488 e. The molecule has 4 rings (SSSR count). The summed E-state index contributed by atoms with van der Waals surface area (Å²) < 4.78 is 18.9. The van der Waals surface area contributed by atoms with Crippen LogP contribution in [-0.2, 0) is 4.79 Å². The molecule has 130 valence electrons. The number of likely N-dealkylation sites (tertiary alicyclic amines) is 1. The van der Waals surface area contributed by atoms with Crippen LogP contribution in [0.15, 0.2) is 24.3 Å². The number of halogens is 1. The molecule has 4 atom stereocenters. The van der Waals surface area contributed by atoms with Crippen molar-refractivity contribution in [3.8, 4) is 5.75 Å². The van der Waals surface area contributed by atoms with Gasteiger partial charge in [0, 0.05) is 19.0 Å². The molecule has 24 heavy (non-hydrogen) atoms. The Kier molecular flexibility index (Phi) is 4.21. The summed E-state index contributed by atoms with van der Waals surface area (Å²) in [6.45, 7) is 1.57. The van der Waals surface area contributed by atoms with E-state index < -0.39 is 6.10 Å². The highest BCUT2D eigenvalue weighted by atomic mass is 19.1. The van der Waals surface area contributed by atoms with Gasteiger partial charge in [-0.05, 0) is 61.8 Å². The first kappa shape index (κ1) is 15.9. The monoisotopic (exact) mass is 333 g/mol. The molecule has 3 fully saturated rings. The van der Waals surface area contributed by atoms with E-state index in [1.807, 2.05) is 4.90 Å². The molecule has 5 heteroatoms. The Bertz CT molecular complexity index is 601. The lowest BCUT2D eigenvalue weighted by Gasteiger charge is -2.35. The fraction of sp³-hybridized carbons (Fsp3) is 0.632. The molecule has 2 aliphatic carbocycles. The zero-order chi connectivity index (χ0) is 16.7. The second-order valence-electron chi connectivity index (χ2n) is 7.54. The minimum absolute atomic E-state index is 0.237. The van der Waals surface area contributed by atoms with Crippen molar-refractivity contribution in [2.24, 2.45) is 17.8 Å². The van der Waals surface area contributed by atoms with Crippen molar-refractivity contribution in [1.82, 2.24) is 4.90 Å². The number of benzene rings is 1. The van der Waals surface area contributed by atoms with Crippen LogP contribution in [0.4, 0.5) is 4.39 Å². The van der Waals surface area contributed by atoms with Gasteiger partial charge in [-0.25, -0.2) is 4.39 Å². The smallest absolute Gasteiger partial charge is 0.225 e. The standard InChI is InChI=1S/C19H24FNO3/c20-15-4-6-16(7-5-15)24-18-9-14-11-21(10-13(14)8-17(18)22)19(23)12-2-1-3-12/h4-7,12-14,17-18,22H,1-3,8-11H2/t13-,14+,17+,18+/m0/s1. The summed E-state index contributed by atoms with van der Waals surface area (Å²) in [7, 11) is 0. The molecule has 1 aromatic carbocycles. The van der Waals surface area contributed by atoms with Gasteiger partial charge < -0.3 is 14.7 Å². The highest BCUT2D eigenvalue weighted by Gasteiger charge is 2.45. The van der Waals surface area contributed by atoms with E-state index in [2.05, 4.69) is 0 Å². The third-order valence-electron chi connectivity index (χ3n) is 5.95. The summed E-state index contributed by atoms with van der Waals surface area (Å²) in [4.78, 5) is 14.5. The van der Waals surface area contributed by atoms with Crippen LogP contribution >= 0.6 is 0 Å². The van der Waals surface area contributed by atoms with Gasteiger partial charge in [0.05, 0.1) is 6.10 Å². The maximum absolute atomic E-state index is 13.0. The van der Waals surface area contributed by atoms with E-state index in [1.165, 1.54) is 18.6 Å². The molecule has 1 heterocycles. The maximum Gasteiger partial charge on any atom is 0.225 e. The van der Waals surface area contributed by atoms with Crippen LogP contribution in [0.2, 0.25) is 0 Å². The van der Waals surface area contributed by atoms with Gasteiger partial charge in [-0.3, -0.25) is 4.79 Å². The first-order valence-corrected chi connectivity index (χ1v) is 8.99. The van der Waals surface area contributed by atoms with Crippen molar-refractivity contribution >= 4 is 5.91 Å². The first-order chi connectivity index (χ1) is 11.6. The highest BCUT2D eigenvalue weighted by Crippen LogP contribution is 2.39. The molecule has 3 aliphatic rings. The number of nitrogens with zero attached hydrogens (tertiary/aromatic N) is 1. The van der Waals surface area contributed by atoms with Crippen molar-refractivity contribution in [3.63, 3.8) is 0 Å². The lowest BCUT2D eigenvalue weighted by Crippen LogP contribution is -2.42. The fourth-order valence-electron chi connectivity index (χ4n) is 4.30. The average molecular weight is 333 g/mol. The molecule has 0 unspecified atom stereocenters. The van der Waals surface area contributed by atoms with Gasteiger partial charge in [-0.1, -0.05) is 6.42 Å². The molecule has 0 aromatic heterocycles. The van der Waals surface area contributed by atoms with Crippen molar-refractivity contribution in [3.05, 3.63) is 30.1 Å². The van der Waals surface area contributed by atoms with Crippen LogP contribution in [0.1, 0.15) is 32.1 Å². The molecular formula is C19H24FNO3. The number of carbonyl (C=O) groups is 1. The van der Waals surface area contributed by atoms with E-state index in [-0.39, 0.29) is 17.8 Å². The molecule has 1 amide bonds. The number of amides is 1. The van der Waals surface area contributed by atoms with Gasteiger partial charge in [-0.2, -0.15) is 0 Å². The summed E-state index contributed by atoms with van der Waals surface area (Å²) >= 11 is 0. The second-order valence-corrected chi connectivity index (χ2v) is 7.54. The van der Waals surface area contributed by atoms with E-state index in [0.717, 1.165) is 32.4 Å². The molecular weight excluding hydrogens is 309 g/mol. The first-order valence-electron chi connectivity index (χ1n) is 8.99. The average Bonchev–Trinajstić information content (AvgIpc) is 2.91. The number of hydrogen-bond acceptors (Lipinski definition) is 3. The third kappa shape index (κ3) is 3.02. The maximum atomic E-state index is 13.0. The van der Waals surface area contributed by atoms with Gasteiger partial charge in [0.1, 0.15) is 17.7 Å². The Morgan fingerprint density at radius 1 is 1.12 bits per heavy atom. The van der Waals surface area contributed by atoms with Gasteiger partial charge in [0.15, 0.2) is 0 Å². The summed E-state index contributed by atoms with van der Waals surface area (Å²) in [6, 6.07) is 5.91. The Morgan fingerprint density at radius 2 is 1.79 bits per heavy atom. The fourth-order valence-corrected chi connectivity index (χ4v) is 4.30. The molecule has 4 nitrogen and oxygen atoms in total. The lowest BCUT2D eigenvalue weighted by molar-refractivity contribution is -0.137. The number of fused-ring (bicyclic) bond motifs is 1. The van der Waals surface area contributed by atoms with Gasteiger partial charge >= 0.3 is 0 Å². The number of carbonyl (C=O) groups excluding carboxylic acids is 1. The van der Waals surface area contributed by atoms with E-state index in [9.17, 15) is 14.3 Å². The largest absolute Gasteiger partial charge is 0.488 e. The number of ether oxygens (including phenoxy) is 1. The van der Waals surface area contributed by atoms with Crippen molar-refractivity contribution in [1.29, 1.82) is 0 Å². The van der Waals surface area contributed by atoms with E-state index in [1.54, 1.807) is 12.1 Å². The van der Waals surface area contributed by atoms with E-state index in [0.29, 0.717) is 29.9 Å². The van der Waals surface area contributed by atoms with Gasteiger partial charge in [0.2, 0.25) is 5.91 Å². The zero-order valence-corrected chi connectivity index (χ0v) is 13.7. The molecule has 0 spiro atoms. The predicted molar refractivity (Wildman–Crippen MR) is 87.0 cm³/mol. The zero-order valence-electron chi connectivity index (χ0n) is 13.7. The van der Waals surface area contributed by atoms with Crippen LogP contribution in [0, 0.1) is 23.6 Å².